The van der Waals surface area contributed by atoms with E-state index in [1.54, 1.807) is 12.1 Å². The van der Waals surface area contributed by atoms with Crippen LogP contribution in [0, 0.1) is 0 Å². The molecule has 32 heavy (non-hydrogen) atoms. The minimum absolute atomic E-state index is 0.124. The molecule has 1 fully saturated rings. The second kappa shape index (κ2) is 8.49. The van der Waals surface area contributed by atoms with Gasteiger partial charge in [0.05, 0.1) is 16.0 Å². The summed E-state index contributed by atoms with van der Waals surface area (Å²) in [7, 11) is -4.05. The minimum atomic E-state index is -4.61. The van der Waals surface area contributed by atoms with Crippen molar-refractivity contribution >= 4 is 38.3 Å². The maximum Gasteiger partial charge on any atom is 0.416 e. The largest absolute Gasteiger partial charge is 0.416 e. The Hall–Kier alpha value is -2.43. The number of aromatic nitrogens is 2. The molecule has 0 saturated carbocycles. The summed E-state index contributed by atoms with van der Waals surface area (Å²) in [4.78, 5) is 10.7. The summed E-state index contributed by atoms with van der Waals surface area (Å²) in [5, 5.41) is 1.36. The van der Waals surface area contributed by atoms with Crippen molar-refractivity contribution in [1.29, 1.82) is 0 Å². The summed E-state index contributed by atoms with van der Waals surface area (Å²) in [5.74, 6) is 1.34. The molecule has 0 radical (unpaired) electrons. The number of rotatable bonds is 4. The van der Waals surface area contributed by atoms with Crippen LogP contribution in [0.4, 0.5) is 19.0 Å². The van der Waals surface area contributed by atoms with E-state index in [9.17, 15) is 21.6 Å². The van der Waals surface area contributed by atoms with Gasteiger partial charge < -0.3 is 4.90 Å². The van der Waals surface area contributed by atoms with Gasteiger partial charge in [-0.15, -0.1) is 0 Å². The van der Waals surface area contributed by atoms with E-state index < -0.39 is 21.8 Å². The quantitative estimate of drug-likeness (QED) is 0.550. The molecule has 1 saturated heterocycles. The van der Waals surface area contributed by atoms with Gasteiger partial charge in [-0.25, -0.2) is 18.4 Å². The van der Waals surface area contributed by atoms with E-state index in [4.69, 9.17) is 11.6 Å². The standard InChI is InChI=1S/C21H20ClF3N4O2S/c1-2-19-26-18-13-15(22)6-7-17(18)20(27-19)28-8-10-29(11-9-28)32(30,31)16-5-3-4-14(12-16)21(23,24)25/h3-7,12-13H,2,8-11H2,1H3. The molecule has 4 rings (SSSR count). The van der Waals surface area contributed by atoms with Crippen LogP contribution in [0.15, 0.2) is 47.4 Å². The molecule has 11 heteroatoms. The van der Waals surface area contributed by atoms with Gasteiger partial charge in [-0.1, -0.05) is 24.6 Å². The fraction of sp³-hybridized carbons (Fsp3) is 0.333. The number of sulfonamides is 1. The summed E-state index contributed by atoms with van der Waals surface area (Å²) in [5.41, 5.74) is -0.284. The molecule has 0 amide bonds. The zero-order chi connectivity index (χ0) is 23.1. The Labute approximate surface area is 188 Å². The molecule has 0 bridgehead atoms. The van der Waals surface area contributed by atoms with Crippen LogP contribution in [-0.2, 0) is 22.6 Å². The molecule has 1 aliphatic heterocycles. The predicted molar refractivity (Wildman–Crippen MR) is 116 cm³/mol. The molecule has 1 aromatic heterocycles. The van der Waals surface area contributed by atoms with Gasteiger partial charge in [0.25, 0.3) is 0 Å². The lowest BCUT2D eigenvalue weighted by molar-refractivity contribution is -0.137. The number of alkyl halides is 3. The summed E-state index contributed by atoms with van der Waals surface area (Å²) in [6, 6.07) is 9.17. The van der Waals surface area contributed by atoms with Crippen molar-refractivity contribution < 1.29 is 21.6 Å². The summed E-state index contributed by atoms with van der Waals surface area (Å²) in [6.07, 6.45) is -3.99. The predicted octanol–water partition coefficient (Wildman–Crippen LogP) is 4.38. The highest BCUT2D eigenvalue weighted by Crippen LogP contribution is 2.32. The molecule has 1 aliphatic rings. The molecule has 0 aliphatic carbocycles. The van der Waals surface area contributed by atoms with Gasteiger partial charge in [0.1, 0.15) is 11.6 Å². The second-order valence-corrected chi connectivity index (χ2v) is 9.77. The van der Waals surface area contributed by atoms with E-state index >= 15 is 0 Å². The van der Waals surface area contributed by atoms with Gasteiger partial charge in [0.2, 0.25) is 10.0 Å². The van der Waals surface area contributed by atoms with Crippen LogP contribution < -0.4 is 4.90 Å². The Morgan fingerprint density at radius 2 is 1.75 bits per heavy atom. The highest BCUT2D eigenvalue weighted by Gasteiger charge is 2.34. The van der Waals surface area contributed by atoms with Gasteiger partial charge in [-0.3, -0.25) is 0 Å². The van der Waals surface area contributed by atoms with Crippen molar-refractivity contribution in [3.05, 3.63) is 58.9 Å². The zero-order valence-corrected chi connectivity index (χ0v) is 18.7. The first kappa shape index (κ1) is 22.8. The molecule has 2 aromatic carbocycles. The van der Waals surface area contributed by atoms with E-state index in [1.165, 1.54) is 10.4 Å². The van der Waals surface area contributed by atoms with E-state index in [-0.39, 0.29) is 18.0 Å². The molecule has 6 nitrogen and oxygen atoms in total. The molecule has 0 N–H and O–H groups in total. The van der Waals surface area contributed by atoms with Crippen LogP contribution in [0.1, 0.15) is 18.3 Å². The van der Waals surface area contributed by atoms with E-state index in [2.05, 4.69) is 9.97 Å². The molecule has 0 spiro atoms. The van der Waals surface area contributed by atoms with Crippen LogP contribution in [0.25, 0.3) is 10.9 Å². The number of nitrogens with zero attached hydrogens (tertiary/aromatic N) is 4. The van der Waals surface area contributed by atoms with E-state index in [0.717, 1.165) is 17.5 Å². The maximum atomic E-state index is 13.0. The Kier molecular flexibility index (Phi) is 6.04. The summed E-state index contributed by atoms with van der Waals surface area (Å²) in [6.45, 7) is 2.87. The lowest BCUT2D eigenvalue weighted by Crippen LogP contribution is -2.49. The number of benzene rings is 2. The number of hydrogen-bond donors (Lipinski definition) is 0. The third-order valence-corrected chi connectivity index (χ3v) is 7.47. The van der Waals surface area contributed by atoms with E-state index in [0.29, 0.717) is 47.8 Å². The molecular formula is C21H20ClF3N4O2S. The van der Waals surface area contributed by atoms with Gasteiger partial charge >= 0.3 is 6.18 Å². The minimum Gasteiger partial charge on any atom is -0.353 e. The lowest BCUT2D eigenvalue weighted by atomic mass is 10.2. The van der Waals surface area contributed by atoms with Crippen LogP contribution in [0.3, 0.4) is 0 Å². The highest BCUT2D eigenvalue weighted by molar-refractivity contribution is 7.89. The van der Waals surface area contributed by atoms with Gasteiger partial charge in [0.15, 0.2) is 0 Å². The van der Waals surface area contributed by atoms with Crippen molar-refractivity contribution in [2.24, 2.45) is 0 Å². The fourth-order valence-corrected chi connectivity index (χ4v) is 5.29. The van der Waals surface area contributed by atoms with E-state index in [1.807, 2.05) is 17.9 Å². The first-order valence-electron chi connectivity index (χ1n) is 9.98. The number of halogens is 4. The van der Waals surface area contributed by atoms with Crippen LogP contribution >= 0.6 is 11.6 Å². The Bertz CT molecular complexity index is 1260. The number of aryl methyl sites for hydroxylation is 1. The highest BCUT2D eigenvalue weighted by atomic mass is 35.5. The van der Waals surface area contributed by atoms with Gasteiger partial charge in [-0.2, -0.15) is 17.5 Å². The Morgan fingerprint density at radius 3 is 2.41 bits per heavy atom. The molecule has 2 heterocycles. The molecular weight excluding hydrogens is 465 g/mol. The monoisotopic (exact) mass is 484 g/mol. The second-order valence-electron chi connectivity index (χ2n) is 7.40. The first-order chi connectivity index (χ1) is 15.1. The zero-order valence-electron chi connectivity index (χ0n) is 17.1. The van der Waals surface area contributed by atoms with Gasteiger partial charge in [-0.05, 0) is 36.4 Å². The van der Waals surface area contributed by atoms with Crippen molar-refractivity contribution in [2.45, 2.75) is 24.4 Å². The van der Waals surface area contributed by atoms with Crippen molar-refractivity contribution in [3.63, 3.8) is 0 Å². The normalized spacial score (nSPS) is 16.0. The Morgan fingerprint density at radius 1 is 1.03 bits per heavy atom. The number of fused-ring (bicyclic) bond motifs is 1. The Balaban J connectivity index is 1.59. The topological polar surface area (TPSA) is 66.4 Å². The maximum absolute atomic E-state index is 13.0. The average molecular weight is 485 g/mol. The van der Waals surface area contributed by atoms with Crippen molar-refractivity contribution in [3.8, 4) is 0 Å². The number of anilines is 1. The SMILES string of the molecule is CCc1nc(N2CCN(S(=O)(=O)c3cccc(C(F)(F)F)c3)CC2)c2ccc(Cl)cc2n1. The summed E-state index contributed by atoms with van der Waals surface area (Å²) < 4.78 is 66.2. The average Bonchev–Trinajstić information content (AvgIpc) is 2.77. The smallest absolute Gasteiger partial charge is 0.353 e. The third kappa shape index (κ3) is 4.39. The first-order valence-corrected chi connectivity index (χ1v) is 11.8. The van der Waals surface area contributed by atoms with Crippen molar-refractivity contribution in [2.75, 3.05) is 31.1 Å². The molecule has 0 atom stereocenters. The molecule has 0 unspecified atom stereocenters. The van der Waals surface area contributed by atoms with Crippen LogP contribution in [-0.4, -0.2) is 48.9 Å². The van der Waals surface area contributed by atoms with Crippen molar-refractivity contribution in [1.82, 2.24) is 14.3 Å². The summed E-state index contributed by atoms with van der Waals surface area (Å²) >= 11 is 6.10. The third-order valence-electron chi connectivity index (χ3n) is 5.34. The van der Waals surface area contributed by atoms with Crippen LogP contribution in [0.5, 0.6) is 0 Å². The van der Waals surface area contributed by atoms with Crippen LogP contribution in [0.2, 0.25) is 5.02 Å². The fourth-order valence-electron chi connectivity index (χ4n) is 3.65. The molecule has 3 aromatic rings. The lowest BCUT2D eigenvalue weighted by Gasteiger charge is -2.35. The number of hydrogen-bond acceptors (Lipinski definition) is 5. The molecule has 170 valence electrons. The van der Waals surface area contributed by atoms with Gasteiger partial charge in [0, 0.05) is 43.0 Å². The number of piperazine rings is 1.